The number of fused-ring (bicyclic) bond motifs is 2. The molecule has 1 aromatic carbocycles. The number of nitriles is 1. The third-order valence-electron chi connectivity index (χ3n) is 5.31. The highest BCUT2D eigenvalue weighted by molar-refractivity contribution is 5.89. The Morgan fingerprint density at radius 2 is 1.88 bits per heavy atom. The largest absolute Gasteiger partial charge is 0.335 e. The van der Waals surface area contributed by atoms with Crippen molar-refractivity contribution >= 4 is 11.7 Å². The zero-order valence-electron chi connectivity index (χ0n) is 15.2. The summed E-state index contributed by atoms with van der Waals surface area (Å²) >= 11 is 0. The molecule has 25 heavy (non-hydrogen) atoms. The number of benzene rings is 1. The second kappa shape index (κ2) is 7.88. The van der Waals surface area contributed by atoms with E-state index in [0.29, 0.717) is 29.3 Å². The minimum atomic E-state index is -0.148. The van der Waals surface area contributed by atoms with Crippen LogP contribution in [0.25, 0.3) is 0 Å². The number of nitrogens with one attached hydrogen (secondary N) is 2. The molecule has 2 fully saturated rings. The van der Waals surface area contributed by atoms with Crippen LogP contribution in [0.15, 0.2) is 24.3 Å². The molecule has 2 bridgehead atoms. The van der Waals surface area contributed by atoms with Gasteiger partial charge >= 0.3 is 6.03 Å². The summed E-state index contributed by atoms with van der Waals surface area (Å²) in [6.07, 6.45) is 5.90. The van der Waals surface area contributed by atoms with Crippen LogP contribution in [0.4, 0.5) is 10.5 Å². The lowest BCUT2D eigenvalue weighted by Gasteiger charge is -2.49. The van der Waals surface area contributed by atoms with Crippen LogP contribution in [0.5, 0.6) is 0 Å². The van der Waals surface area contributed by atoms with Gasteiger partial charge in [-0.15, -0.1) is 0 Å². The average molecular weight is 340 g/mol. The van der Waals surface area contributed by atoms with Crippen molar-refractivity contribution in [2.45, 2.75) is 64.1 Å². The molecule has 5 nitrogen and oxygen atoms in total. The van der Waals surface area contributed by atoms with E-state index in [9.17, 15) is 4.79 Å². The van der Waals surface area contributed by atoms with Crippen LogP contribution in [0.3, 0.4) is 0 Å². The zero-order valence-corrected chi connectivity index (χ0v) is 15.2. The fourth-order valence-electron chi connectivity index (χ4n) is 4.30. The number of hydrogen-bond acceptors (Lipinski definition) is 3. The van der Waals surface area contributed by atoms with Crippen LogP contribution in [0, 0.1) is 17.2 Å². The first-order valence-corrected chi connectivity index (χ1v) is 9.38. The topological polar surface area (TPSA) is 68.2 Å². The summed E-state index contributed by atoms with van der Waals surface area (Å²) in [6, 6.07) is 10.3. The highest BCUT2D eigenvalue weighted by Gasteiger charge is 2.38. The standard InChI is InChI=1S/C20H28N4O/c1-14(2)13-24-18-4-3-5-19(24)11-17(10-18)23-20(25)22-16-8-6-15(12-21)7-9-16/h6-9,14,17-19H,3-5,10-11,13H2,1-2H3,(H2,22,23,25). The molecule has 0 spiro atoms. The van der Waals surface area contributed by atoms with Gasteiger partial charge in [0.15, 0.2) is 0 Å². The van der Waals surface area contributed by atoms with E-state index in [1.54, 1.807) is 24.3 Å². The maximum absolute atomic E-state index is 12.3. The van der Waals surface area contributed by atoms with E-state index >= 15 is 0 Å². The first-order chi connectivity index (χ1) is 12.0. The number of piperidine rings is 2. The van der Waals surface area contributed by atoms with Gasteiger partial charge in [-0.05, 0) is 55.9 Å². The third kappa shape index (κ3) is 4.52. The average Bonchev–Trinajstić information content (AvgIpc) is 2.55. The highest BCUT2D eigenvalue weighted by Crippen LogP contribution is 2.34. The number of amides is 2. The monoisotopic (exact) mass is 340 g/mol. The maximum atomic E-state index is 12.3. The molecule has 0 aromatic heterocycles. The summed E-state index contributed by atoms with van der Waals surface area (Å²) in [5.41, 5.74) is 1.31. The van der Waals surface area contributed by atoms with Crippen molar-refractivity contribution < 1.29 is 4.79 Å². The van der Waals surface area contributed by atoms with Crippen LogP contribution < -0.4 is 10.6 Å². The Labute approximate surface area is 150 Å². The Morgan fingerprint density at radius 3 is 2.44 bits per heavy atom. The lowest BCUT2D eigenvalue weighted by atomic mass is 9.81. The number of carbonyl (C=O) groups excluding carboxylic acids is 1. The van der Waals surface area contributed by atoms with Crippen molar-refractivity contribution in [3.8, 4) is 6.07 Å². The van der Waals surface area contributed by atoms with Crippen LogP contribution in [-0.4, -0.2) is 35.6 Å². The van der Waals surface area contributed by atoms with Crippen molar-refractivity contribution in [1.82, 2.24) is 10.2 Å². The molecule has 5 heteroatoms. The normalized spacial score (nSPS) is 26.1. The molecular weight excluding hydrogens is 312 g/mol. The molecule has 0 saturated carbocycles. The van der Waals surface area contributed by atoms with E-state index in [-0.39, 0.29) is 12.1 Å². The quantitative estimate of drug-likeness (QED) is 0.878. The van der Waals surface area contributed by atoms with E-state index < -0.39 is 0 Å². The van der Waals surface area contributed by atoms with Gasteiger partial charge in [-0.3, -0.25) is 4.90 Å². The lowest BCUT2D eigenvalue weighted by molar-refractivity contribution is 0.0180. The number of nitrogens with zero attached hydrogens (tertiary/aromatic N) is 2. The first-order valence-electron chi connectivity index (χ1n) is 9.38. The van der Waals surface area contributed by atoms with Crippen molar-refractivity contribution in [2.24, 2.45) is 5.92 Å². The highest BCUT2D eigenvalue weighted by atomic mass is 16.2. The third-order valence-corrected chi connectivity index (χ3v) is 5.31. The van der Waals surface area contributed by atoms with E-state index in [1.807, 2.05) is 0 Å². The van der Waals surface area contributed by atoms with Crippen LogP contribution in [0.1, 0.15) is 51.5 Å². The number of anilines is 1. The van der Waals surface area contributed by atoms with Gasteiger partial charge in [0, 0.05) is 30.4 Å². The lowest BCUT2D eigenvalue weighted by Crippen LogP contribution is -2.58. The van der Waals surface area contributed by atoms with Gasteiger partial charge in [-0.25, -0.2) is 4.79 Å². The van der Waals surface area contributed by atoms with Crippen molar-refractivity contribution in [3.05, 3.63) is 29.8 Å². The molecule has 2 saturated heterocycles. The first kappa shape index (κ1) is 17.8. The number of urea groups is 1. The van der Waals surface area contributed by atoms with Crippen LogP contribution in [-0.2, 0) is 0 Å². The molecule has 2 unspecified atom stereocenters. The Balaban J connectivity index is 1.55. The zero-order chi connectivity index (χ0) is 17.8. The summed E-state index contributed by atoms with van der Waals surface area (Å²) in [6.45, 7) is 5.73. The summed E-state index contributed by atoms with van der Waals surface area (Å²) in [5, 5.41) is 14.9. The summed E-state index contributed by atoms with van der Waals surface area (Å²) < 4.78 is 0. The summed E-state index contributed by atoms with van der Waals surface area (Å²) in [4.78, 5) is 15.0. The number of rotatable bonds is 4. The van der Waals surface area contributed by atoms with E-state index in [2.05, 4.69) is 35.5 Å². The molecule has 1 aromatic rings. The fraction of sp³-hybridized carbons (Fsp3) is 0.600. The molecule has 0 radical (unpaired) electrons. The van der Waals surface area contributed by atoms with Gasteiger partial charge in [-0.1, -0.05) is 20.3 Å². The molecule has 2 aliphatic heterocycles. The van der Waals surface area contributed by atoms with Gasteiger partial charge in [0.05, 0.1) is 11.6 Å². The predicted octanol–water partition coefficient (Wildman–Crippen LogP) is 3.72. The Hall–Kier alpha value is -2.06. The van der Waals surface area contributed by atoms with Gasteiger partial charge in [-0.2, -0.15) is 5.26 Å². The number of carbonyl (C=O) groups is 1. The Kier molecular flexibility index (Phi) is 5.60. The van der Waals surface area contributed by atoms with Crippen molar-refractivity contribution in [1.29, 1.82) is 5.26 Å². The fourth-order valence-corrected chi connectivity index (χ4v) is 4.30. The maximum Gasteiger partial charge on any atom is 0.319 e. The molecule has 134 valence electrons. The molecule has 2 aliphatic rings. The minimum Gasteiger partial charge on any atom is -0.335 e. The van der Waals surface area contributed by atoms with Gasteiger partial charge in [0.1, 0.15) is 0 Å². The van der Waals surface area contributed by atoms with Crippen molar-refractivity contribution in [3.63, 3.8) is 0 Å². The van der Waals surface area contributed by atoms with E-state index in [4.69, 9.17) is 5.26 Å². The van der Waals surface area contributed by atoms with E-state index in [0.717, 1.165) is 12.8 Å². The molecule has 0 aliphatic carbocycles. The summed E-state index contributed by atoms with van der Waals surface area (Å²) in [5.74, 6) is 0.687. The molecule has 2 heterocycles. The number of hydrogen-bond donors (Lipinski definition) is 2. The van der Waals surface area contributed by atoms with Crippen LogP contribution in [0.2, 0.25) is 0 Å². The van der Waals surface area contributed by atoms with Crippen LogP contribution >= 0.6 is 0 Å². The SMILES string of the molecule is CC(C)CN1C2CCCC1CC(NC(=O)Nc1ccc(C#N)cc1)C2. The summed E-state index contributed by atoms with van der Waals surface area (Å²) in [7, 11) is 0. The molecule has 2 atom stereocenters. The second-order valence-electron chi connectivity index (χ2n) is 7.79. The van der Waals surface area contributed by atoms with Crippen molar-refractivity contribution in [2.75, 3.05) is 11.9 Å². The molecule has 2 N–H and O–H groups in total. The second-order valence-corrected chi connectivity index (χ2v) is 7.79. The van der Waals surface area contributed by atoms with Gasteiger partial charge in [0.25, 0.3) is 0 Å². The molecular formula is C20H28N4O. The Bertz CT molecular complexity index is 620. The molecule has 3 rings (SSSR count). The predicted molar refractivity (Wildman–Crippen MR) is 99.3 cm³/mol. The van der Waals surface area contributed by atoms with Gasteiger partial charge in [0.2, 0.25) is 0 Å². The molecule has 2 amide bonds. The minimum absolute atomic E-state index is 0.148. The van der Waals surface area contributed by atoms with Gasteiger partial charge < -0.3 is 10.6 Å². The Morgan fingerprint density at radius 1 is 1.24 bits per heavy atom. The smallest absolute Gasteiger partial charge is 0.319 e. The van der Waals surface area contributed by atoms with E-state index in [1.165, 1.54) is 25.8 Å².